The van der Waals surface area contributed by atoms with E-state index in [4.69, 9.17) is 4.74 Å². The van der Waals surface area contributed by atoms with E-state index in [1.54, 1.807) is 0 Å². The first-order chi connectivity index (χ1) is 11.0. The van der Waals surface area contributed by atoms with Crippen molar-refractivity contribution in [1.29, 1.82) is 0 Å². The van der Waals surface area contributed by atoms with Gasteiger partial charge < -0.3 is 10.1 Å². The van der Waals surface area contributed by atoms with E-state index >= 15 is 0 Å². The normalized spacial score (nSPS) is 10.4. The largest absolute Gasteiger partial charge is 0.464 e. The molecule has 0 aromatic heterocycles. The Morgan fingerprint density at radius 1 is 1.04 bits per heavy atom. The van der Waals surface area contributed by atoms with E-state index < -0.39 is 41.4 Å². The lowest BCUT2D eigenvalue weighted by molar-refractivity contribution is -0.142. The van der Waals surface area contributed by atoms with Crippen molar-refractivity contribution in [2.24, 2.45) is 0 Å². The highest BCUT2D eigenvalue weighted by Crippen LogP contribution is 2.14. The van der Waals surface area contributed by atoms with Crippen molar-refractivity contribution in [1.82, 2.24) is 5.32 Å². The number of amides is 1. The summed E-state index contributed by atoms with van der Waals surface area (Å²) in [5, 5.41) is 2.10. The molecule has 23 heavy (non-hydrogen) atoms. The van der Waals surface area contributed by atoms with Crippen LogP contribution >= 0.6 is 0 Å². The quantitative estimate of drug-likeness (QED) is 0.429. The molecule has 0 saturated heterocycles. The Kier molecular flexibility index (Phi) is 8.15. The number of benzene rings is 1. The highest BCUT2D eigenvalue weighted by Gasteiger charge is 2.19. The summed E-state index contributed by atoms with van der Waals surface area (Å²) in [6.45, 7) is 1.88. The van der Waals surface area contributed by atoms with Crippen LogP contribution in [0.1, 0.15) is 49.4 Å². The molecule has 0 heterocycles. The minimum absolute atomic E-state index is 0.248. The second-order valence-electron chi connectivity index (χ2n) is 5.04. The number of nitrogens with one attached hydrogen (secondary N) is 1. The van der Waals surface area contributed by atoms with E-state index in [0.29, 0.717) is 6.07 Å². The number of carbonyl (C=O) groups is 2. The van der Waals surface area contributed by atoms with Crippen LogP contribution in [0.4, 0.5) is 13.2 Å². The molecule has 1 amide bonds. The molecule has 7 heteroatoms. The van der Waals surface area contributed by atoms with E-state index in [1.807, 2.05) is 0 Å². The predicted octanol–water partition coefficient (Wildman–Crippen LogP) is 3.35. The Hall–Kier alpha value is -2.05. The number of ether oxygens (including phenoxy) is 1. The van der Waals surface area contributed by atoms with Gasteiger partial charge in [0.25, 0.3) is 5.91 Å². The van der Waals surface area contributed by atoms with E-state index in [1.165, 1.54) is 0 Å². The first-order valence-corrected chi connectivity index (χ1v) is 7.54. The van der Waals surface area contributed by atoms with Gasteiger partial charge in [0.05, 0.1) is 12.2 Å². The standard InChI is InChI=1S/C16H20F3NO3/c1-2-3-4-5-6-9-23-13(21)10-20-16(22)11-7-8-12(17)15(19)14(11)18/h7-8H,2-6,9-10H2,1H3,(H,20,22). The SMILES string of the molecule is CCCCCCCOC(=O)CNC(=O)c1ccc(F)c(F)c1F. The summed E-state index contributed by atoms with van der Waals surface area (Å²) in [7, 11) is 0. The van der Waals surface area contributed by atoms with Crippen LogP contribution in [0.2, 0.25) is 0 Å². The molecule has 0 aliphatic carbocycles. The lowest BCUT2D eigenvalue weighted by Gasteiger charge is -2.07. The van der Waals surface area contributed by atoms with Gasteiger partial charge in [0, 0.05) is 0 Å². The molecule has 0 radical (unpaired) electrons. The molecule has 1 rings (SSSR count). The second-order valence-corrected chi connectivity index (χ2v) is 5.04. The maximum Gasteiger partial charge on any atom is 0.325 e. The van der Waals surface area contributed by atoms with Gasteiger partial charge in [-0.1, -0.05) is 32.6 Å². The Labute approximate surface area is 133 Å². The molecule has 0 aliphatic heterocycles. The summed E-state index contributed by atoms with van der Waals surface area (Å²) >= 11 is 0. The van der Waals surface area contributed by atoms with Crippen LogP contribution in [0.15, 0.2) is 12.1 Å². The fourth-order valence-electron chi connectivity index (χ4n) is 1.89. The maximum absolute atomic E-state index is 13.4. The zero-order valence-electron chi connectivity index (χ0n) is 13.0. The third-order valence-electron chi connectivity index (χ3n) is 3.18. The monoisotopic (exact) mass is 331 g/mol. The fraction of sp³-hybridized carbons (Fsp3) is 0.500. The molecule has 0 atom stereocenters. The molecule has 0 spiro atoms. The van der Waals surface area contributed by atoms with Crippen LogP contribution in [-0.4, -0.2) is 25.0 Å². The van der Waals surface area contributed by atoms with Gasteiger partial charge in [-0.2, -0.15) is 0 Å². The average Bonchev–Trinajstić information content (AvgIpc) is 2.53. The lowest BCUT2D eigenvalue weighted by atomic mass is 10.2. The van der Waals surface area contributed by atoms with E-state index in [-0.39, 0.29) is 6.61 Å². The van der Waals surface area contributed by atoms with Gasteiger partial charge >= 0.3 is 5.97 Å². The van der Waals surface area contributed by atoms with Crippen molar-refractivity contribution in [2.75, 3.05) is 13.2 Å². The Balaban J connectivity index is 2.33. The van der Waals surface area contributed by atoms with Crippen LogP contribution in [0.3, 0.4) is 0 Å². The Bertz CT molecular complexity index is 550. The van der Waals surface area contributed by atoms with Gasteiger partial charge in [0.2, 0.25) is 0 Å². The number of hydrogen-bond donors (Lipinski definition) is 1. The molecule has 0 fully saturated rings. The van der Waals surface area contributed by atoms with Crippen LogP contribution < -0.4 is 5.32 Å². The summed E-state index contributed by atoms with van der Waals surface area (Å²) in [6, 6.07) is 1.45. The molecular weight excluding hydrogens is 311 g/mol. The highest BCUT2D eigenvalue weighted by atomic mass is 19.2. The molecule has 1 aromatic carbocycles. The van der Waals surface area contributed by atoms with Crippen molar-refractivity contribution in [3.63, 3.8) is 0 Å². The molecule has 0 unspecified atom stereocenters. The number of hydrogen-bond acceptors (Lipinski definition) is 3. The summed E-state index contributed by atoms with van der Waals surface area (Å²) in [5.74, 6) is -6.39. The fourth-order valence-corrected chi connectivity index (χ4v) is 1.89. The molecule has 4 nitrogen and oxygen atoms in total. The van der Waals surface area contributed by atoms with Gasteiger partial charge in [0.15, 0.2) is 17.5 Å². The number of unbranched alkanes of at least 4 members (excludes halogenated alkanes) is 4. The van der Waals surface area contributed by atoms with Crippen molar-refractivity contribution < 1.29 is 27.5 Å². The number of esters is 1. The van der Waals surface area contributed by atoms with Crippen LogP contribution in [0, 0.1) is 17.5 Å². The number of rotatable bonds is 9. The highest BCUT2D eigenvalue weighted by molar-refractivity contribution is 5.96. The summed E-state index contributed by atoms with van der Waals surface area (Å²) in [6.07, 6.45) is 5.00. The summed E-state index contributed by atoms with van der Waals surface area (Å²) in [4.78, 5) is 23.0. The van der Waals surface area contributed by atoms with Crippen molar-refractivity contribution in [3.05, 3.63) is 35.1 Å². The van der Waals surface area contributed by atoms with Crippen LogP contribution in [0.25, 0.3) is 0 Å². The zero-order valence-corrected chi connectivity index (χ0v) is 13.0. The van der Waals surface area contributed by atoms with Crippen molar-refractivity contribution in [2.45, 2.75) is 39.0 Å². The van der Waals surface area contributed by atoms with Gasteiger partial charge in [-0.3, -0.25) is 9.59 Å². The van der Waals surface area contributed by atoms with Crippen molar-refractivity contribution in [3.8, 4) is 0 Å². The maximum atomic E-state index is 13.4. The van der Waals surface area contributed by atoms with Crippen LogP contribution in [0.5, 0.6) is 0 Å². The molecule has 0 saturated carbocycles. The van der Waals surface area contributed by atoms with E-state index in [9.17, 15) is 22.8 Å². The minimum Gasteiger partial charge on any atom is -0.464 e. The molecule has 1 N–H and O–H groups in total. The number of halogens is 3. The van der Waals surface area contributed by atoms with Gasteiger partial charge in [-0.25, -0.2) is 13.2 Å². The smallest absolute Gasteiger partial charge is 0.325 e. The first-order valence-electron chi connectivity index (χ1n) is 7.54. The molecule has 0 aliphatic rings. The van der Waals surface area contributed by atoms with E-state index in [2.05, 4.69) is 12.2 Å². The Morgan fingerprint density at radius 3 is 2.43 bits per heavy atom. The zero-order chi connectivity index (χ0) is 17.2. The van der Waals surface area contributed by atoms with Gasteiger partial charge in [-0.05, 0) is 18.6 Å². The topological polar surface area (TPSA) is 55.4 Å². The number of carbonyl (C=O) groups excluding carboxylic acids is 2. The molecule has 128 valence electrons. The lowest BCUT2D eigenvalue weighted by Crippen LogP contribution is -2.31. The minimum atomic E-state index is -1.73. The molecule has 0 bridgehead atoms. The summed E-state index contributed by atoms with van der Waals surface area (Å²) < 4.78 is 44.1. The Morgan fingerprint density at radius 2 is 1.74 bits per heavy atom. The van der Waals surface area contributed by atoms with E-state index in [0.717, 1.165) is 38.2 Å². The average molecular weight is 331 g/mol. The third-order valence-corrected chi connectivity index (χ3v) is 3.18. The molecular formula is C16H20F3NO3. The second kappa shape index (κ2) is 9.86. The van der Waals surface area contributed by atoms with Crippen LogP contribution in [-0.2, 0) is 9.53 Å². The predicted molar refractivity (Wildman–Crippen MR) is 78.4 cm³/mol. The summed E-state index contributed by atoms with van der Waals surface area (Å²) in [5.41, 5.74) is -0.670. The van der Waals surface area contributed by atoms with Crippen molar-refractivity contribution >= 4 is 11.9 Å². The third kappa shape index (κ3) is 6.30. The van der Waals surface area contributed by atoms with Gasteiger partial charge in [0.1, 0.15) is 6.54 Å². The van der Waals surface area contributed by atoms with Gasteiger partial charge in [-0.15, -0.1) is 0 Å². The first kappa shape index (κ1) is 19.0. The molecule has 1 aromatic rings.